The molecule has 2 N–H and O–H groups in total. The maximum atomic E-state index is 12.7. The lowest BCUT2D eigenvalue weighted by molar-refractivity contribution is -0.167. The molecule has 0 spiro atoms. The molecule has 0 aliphatic rings. The van der Waals surface area contributed by atoms with Gasteiger partial charge in [0.15, 0.2) is 5.41 Å². The fraction of sp³-hybridized carbons (Fsp3) is 0.467. The molecule has 4 nitrogen and oxygen atoms in total. The molecule has 0 aliphatic carbocycles. The summed E-state index contributed by atoms with van der Waals surface area (Å²) in [5, 5.41) is 18.9. The molecular formula is C15H16BrF3O4. The van der Waals surface area contributed by atoms with E-state index < -0.39 is 35.0 Å². The van der Waals surface area contributed by atoms with Crippen LogP contribution in [0.5, 0.6) is 0 Å². The second-order valence-electron chi connectivity index (χ2n) is 5.13. The Kier molecular flexibility index (Phi) is 5.84. The Labute approximate surface area is 139 Å². The van der Waals surface area contributed by atoms with Crippen LogP contribution in [0.15, 0.2) is 22.7 Å². The van der Waals surface area contributed by atoms with Crippen LogP contribution in [-0.4, -0.2) is 22.2 Å². The van der Waals surface area contributed by atoms with Gasteiger partial charge in [-0.3, -0.25) is 9.59 Å². The van der Waals surface area contributed by atoms with Crippen LogP contribution in [-0.2, 0) is 15.8 Å². The molecule has 1 unspecified atom stereocenters. The van der Waals surface area contributed by atoms with E-state index in [1.165, 1.54) is 6.92 Å². The Morgan fingerprint density at radius 3 is 2.00 bits per heavy atom. The highest BCUT2D eigenvalue weighted by atomic mass is 79.9. The van der Waals surface area contributed by atoms with E-state index in [-0.39, 0.29) is 22.9 Å². The van der Waals surface area contributed by atoms with Crippen molar-refractivity contribution in [1.29, 1.82) is 0 Å². The van der Waals surface area contributed by atoms with Crippen molar-refractivity contribution in [3.05, 3.63) is 33.8 Å². The van der Waals surface area contributed by atoms with Gasteiger partial charge in [-0.2, -0.15) is 13.2 Å². The minimum atomic E-state index is -4.54. The summed E-state index contributed by atoms with van der Waals surface area (Å²) >= 11 is 3.02. The Bertz CT molecular complexity index is 599. The van der Waals surface area contributed by atoms with Gasteiger partial charge in [-0.25, -0.2) is 0 Å². The summed E-state index contributed by atoms with van der Waals surface area (Å²) in [6.45, 7) is 3.04. The molecule has 0 radical (unpaired) electrons. The lowest BCUT2D eigenvalue weighted by Crippen LogP contribution is -2.44. The first kappa shape index (κ1) is 19.5. The molecule has 1 aromatic carbocycles. The molecule has 1 rings (SSSR count). The van der Waals surface area contributed by atoms with E-state index in [0.717, 1.165) is 18.2 Å². The van der Waals surface area contributed by atoms with Gasteiger partial charge in [0.2, 0.25) is 0 Å². The summed E-state index contributed by atoms with van der Waals surface area (Å²) in [4.78, 5) is 23.3. The average Bonchev–Trinajstić information content (AvgIpc) is 2.43. The van der Waals surface area contributed by atoms with Crippen molar-refractivity contribution in [2.45, 2.75) is 38.8 Å². The molecule has 0 saturated heterocycles. The molecule has 23 heavy (non-hydrogen) atoms. The number of rotatable bonds is 6. The van der Waals surface area contributed by atoms with Crippen LogP contribution >= 0.6 is 15.9 Å². The maximum Gasteiger partial charge on any atom is 0.416 e. The summed E-state index contributed by atoms with van der Waals surface area (Å²) in [5.74, 6) is -3.99. The van der Waals surface area contributed by atoms with Gasteiger partial charge in [0.25, 0.3) is 0 Å². The fourth-order valence-corrected chi connectivity index (χ4v) is 3.41. The quantitative estimate of drug-likeness (QED) is 0.692. The number of carbonyl (C=O) groups is 2. The Balaban J connectivity index is 3.51. The van der Waals surface area contributed by atoms with Crippen molar-refractivity contribution in [2.24, 2.45) is 5.41 Å². The minimum Gasteiger partial charge on any atom is -0.480 e. The van der Waals surface area contributed by atoms with E-state index in [2.05, 4.69) is 15.9 Å². The Morgan fingerprint density at radius 1 is 1.17 bits per heavy atom. The predicted molar refractivity (Wildman–Crippen MR) is 80.2 cm³/mol. The molecule has 0 fully saturated rings. The van der Waals surface area contributed by atoms with Gasteiger partial charge in [0, 0.05) is 10.4 Å². The summed E-state index contributed by atoms with van der Waals surface area (Å²) in [7, 11) is 0. The standard InChI is InChI=1S/C15H16BrF3O4/c1-3-10(14(4-2,12(20)21)13(22)23)9-6-5-8(7-11(9)16)15(17,18)19/h5-7,10H,3-4H2,1-2H3,(H,20,21)(H,22,23). The number of benzene rings is 1. The number of carboxylic acid groups (broad SMARTS) is 2. The highest BCUT2D eigenvalue weighted by Crippen LogP contribution is 2.45. The van der Waals surface area contributed by atoms with E-state index in [1.807, 2.05) is 0 Å². The highest BCUT2D eigenvalue weighted by molar-refractivity contribution is 9.10. The Morgan fingerprint density at radius 2 is 1.70 bits per heavy atom. The molecule has 0 bridgehead atoms. The number of halogens is 4. The third-order valence-electron chi connectivity index (χ3n) is 4.03. The van der Waals surface area contributed by atoms with Crippen molar-refractivity contribution in [1.82, 2.24) is 0 Å². The van der Waals surface area contributed by atoms with Crippen molar-refractivity contribution < 1.29 is 33.0 Å². The van der Waals surface area contributed by atoms with Crippen LogP contribution < -0.4 is 0 Å². The second-order valence-corrected chi connectivity index (χ2v) is 5.98. The smallest absolute Gasteiger partial charge is 0.416 e. The zero-order chi connectivity index (χ0) is 18.0. The van der Waals surface area contributed by atoms with Gasteiger partial charge in [-0.1, -0.05) is 35.8 Å². The van der Waals surface area contributed by atoms with Gasteiger partial charge in [0.05, 0.1) is 5.56 Å². The van der Waals surface area contributed by atoms with E-state index in [0.29, 0.717) is 0 Å². The van der Waals surface area contributed by atoms with Crippen LogP contribution in [0.25, 0.3) is 0 Å². The molecule has 0 aromatic heterocycles. The van der Waals surface area contributed by atoms with E-state index >= 15 is 0 Å². The van der Waals surface area contributed by atoms with Crippen molar-refractivity contribution in [3.8, 4) is 0 Å². The topological polar surface area (TPSA) is 74.6 Å². The van der Waals surface area contributed by atoms with Gasteiger partial charge >= 0.3 is 18.1 Å². The van der Waals surface area contributed by atoms with Crippen molar-refractivity contribution >= 4 is 27.9 Å². The first-order valence-corrected chi connectivity index (χ1v) is 7.65. The van der Waals surface area contributed by atoms with Gasteiger partial charge in [-0.15, -0.1) is 0 Å². The van der Waals surface area contributed by atoms with E-state index in [1.54, 1.807) is 6.92 Å². The summed E-state index contributed by atoms with van der Waals surface area (Å²) in [6.07, 6.45) is -4.58. The van der Waals surface area contributed by atoms with Crippen LogP contribution in [0.4, 0.5) is 13.2 Å². The fourth-order valence-electron chi connectivity index (χ4n) is 2.76. The number of aliphatic carboxylic acids is 2. The first-order chi connectivity index (χ1) is 10.5. The lowest BCUT2D eigenvalue weighted by atomic mass is 9.69. The SMILES string of the molecule is CCC(c1ccc(C(F)(F)F)cc1Br)C(CC)(C(=O)O)C(=O)O. The molecule has 0 saturated carbocycles. The van der Waals surface area contributed by atoms with Gasteiger partial charge < -0.3 is 10.2 Å². The van der Waals surface area contributed by atoms with E-state index in [4.69, 9.17) is 0 Å². The monoisotopic (exact) mass is 396 g/mol. The summed E-state index contributed by atoms with van der Waals surface area (Å²) in [5.41, 5.74) is -2.76. The maximum absolute atomic E-state index is 12.7. The molecule has 0 aliphatic heterocycles. The van der Waals surface area contributed by atoms with Crippen molar-refractivity contribution in [2.75, 3.05) is 0 Å². The zero-order valence-corrected chi connectivity index (χ0v) is 14.0. The van der Waals surface area contributed by atoms with Gasteiger partial charge in [-0.05, 0) is 30.5 Å². The number of alkyl halides is 3. The second kappa shape index (κ2) is 6.90. The average molecular weight is 397 g/mol. The summed E-state index contributed by atoms with van der Waals surface area (Å²) in [6, 6.07) is 2.80. The van der Waals surface area contributed by atoms with Crippen molar-refractivity contribution in [3.63, 3.8) is 0 Å². The first-order valence-electron chi connectivity index (χ1n) is 6.85. The number of carboxylic acids is 2. The molecule has 1 atom stereocenters. The van der Waals surface area contributed by atoms with Crippen LogP contribution in [0.3, 0.4) is 0 Å². The molecule has 128 valence electrons. The number of hydrogen-bond acceptors (Lipinski definition) is 2. The zero-order valence-electron chi connectivity index (χ0n) is 12.4. The van der Waals surface area contributed by atoms with E-state index in [9.17, 15) is 33.0 Å². The normalized spacial score (nSPS) is 13.7. The summed E-state index contributed by atoms with van der Waals surface area (Å²) < 4.78 is 38.2. The lowest BCUT2D eigenvalue weighted by Gasteiger charge is -2.33. The molecule has 8 heteroatoms. The third kappa shape index (κ3) is 3.52. The molecular weight excluding hydrogens is 381 g/mol. The highest BCUT2D eigenvalue weighted by Gasteiger charge is 2.52. The number of hydrogen-bond donors (Lipinski definition) is 2. The van der Waals surface area contributed by atoms with Crippen LogP contribution in [0.1, 0.15) is 43.7 Å². The van der Waals surface area contributed by atoms with Crippen LogP contribution in [0, 0.1) is 5.41 Å². The van der Waals surface area contributed by atoms with Crippen LogP contribution in [0.2, 0.25) is 0 Å². The third-order valence-corrected chi connectivity index (χ3v) is 4.71. The molecule has 0 heterocycles. The predicted octanol–water partition coefficient (Wildman–Crippen LogP) is 4.53. The minimum absolute atomic E-state index is 0.0412. The molecule has 1 aromatic rings. The molecule has 0 amide bonds. The Hall–Kier alpha value is -1.57. The largest absolute Gasteiger partial charge is 0.480 e. The van der Waals surface area contributed by atoms with Gasteiger partial charge in [0.1, 0.15) is 0 Å².